The van der Waals surface area contributed by atoms with Gasteiger partial charge in [0, 0.05) is 24.3 Å². The van der Waals surface area contributed by atoms with Gasteiger partial charge in [-0.05, 0) is 51.5 Å². The molecule has 1 aromatic heterocycles. The van der Waals surface area contributed by atoms with Crippen LogP contribution in [0.5, 0.6) is 0 Å². The van der Waals surface area contributed by atoms with E-state index in [-0.39, 0.29) is 18.1 Å². The lowest BCUT2D eigenvalue weighted by atomic mass is 10.1. The van der Waals surface area contributed by atoms with Crippen LogP contribution in [0.3, 0.4) is 0 Å². The number of aromatic nitrogens is 2. The van der Waals surface area contributed by atoms with Gasteiger partial charge in [-0.25, -0.2) is 0 Å². The Bertz CT molecular complexity index is 728. The average molecular weight is 327 g/mol. The number of carbonyl (C=O) groups excluding carboxylic acids is 1. The normalized spacial score (nSPS) is 21.1. The number of nitrogens with zero attached hydrogens (tertiary/aromatic N) is 3. The van der Waals surface area contributed by atoms with E-state index in [9.17, 15) is 4.79 Å². The Morgan fingerprint density at radius 3 is 2.54 bits per heavy atom. The third-order valence-corrected chi connectivity index (χ3v) is 4.32. The molecule has 0 radical (unpaired) electrons. The molecule has 5 nitrogen and oxygen atoms in total. The van der Waals surface area contributed by atoms with Crippen molar-refractivity contribution in [1.29, 1.82) is 0 Å². The number of carbonyl (C=O) groups is 1. The molecular formula is C19H25N3O2. The summed E-state index contributed by atoms with van der Waals surface area (Å²) in [6.07, 6.45) is 0.158. The second-order valence-corrected chi connectivity index (χ2v) is 6.75. The highest BCUT2D eigenvalue weighted by molar-refractivity contribution is 5.94. The van der Waals surface area contributed by atoms with Crippen LogP contribution < -0.4 is 0 Å². The van der Waals surface area contributed by atoms with Crippen LogP contribution in [0.1, 0.15) is 41.2 Å². The molecule has 0 saturated carbocycles. The largest absolute Gasteiger partial charge is 0.372 e. The van der Waals surface area contributed by atoms with E-state index in [0.717, 1.165) is 22.5 Å². The van der Waals surface area contributed by atoms with Crippen LogP contribution in [0.15, 0.2) is 30.3 Å². The molecule has 2 atom stereocenters. The van der Waals surface area contributed by atoms with Crippen LogP contribution in [0, 0.1) is 13.8 Å². The number of hydrogen-bond acceptors (Lipinski definition) is 3. The molecule has 1 aliphatic rings. The molecule has 0 aliphatic carbocycles. The summed E-state index contributed by atoms with van der Waals surface area (Å²) in [7, 11) is 0. The lowest BCUT2D eigenvalue weighted by molar-refractivity contribution is -0.0586. The Balaban J connectivity index is 1.77. The molecule has 1 aromatic carbocycles. The predicted octanol–water partition coefficient (Wildman–Crippen LogP) is 2.80. The Morgan fingerprint density at radius 1 is 1.21 bits per heavy atom. The number of rotatable bonds is 3. The fraction of sp³-hybridized carbons (Fsp3) is 0.474. The van der Waals surface area contributed by atoms with Crippen LogP contribution in [0.4, 0.5) is 0 Å². The van der Waals surface area contributed by atoms with Crippen molar-refractivity contribution in [3.8, 4) is 0 Å². The third-order valence-electron chi connectivity index (χ3n) is 4.32. The molecule has 1 amide bonds. The maximum Gasteiger partial charge on any atom is 0.254 e. The summed E-state index contributed by atoms with van der Waals surface area (Å²) in [4.78, 5) is 14.7. The highest BCUT2D eigenvalue weighted by Crippen LogP contribution is 2.16. The molecule has 1 fully saturated rings. The van der Waals surface area contributed by atoms with Gasteiger partial charge in [0.1, 0.15) is 0 Å². The van der Waals surface area contributed by atoms with E-state index in [4.69, 9.17) is 4.74 Å². The lowest BCUT2D eigenvalue weighted by Gasteiger charge is -2.35. The summed E-state index contributed by atoms with van der Waals surface area (Å²) >= 11 is 0. The van der Waals surface area contributed by atoms with Crippen molar-refractivity contribution in [1.82, 2.24) is 14.7 Å². The third kappa shape index (κ3) is 3.67. The minimum Gasteiger partial charge on any atom is -0.372 e. The first-order valence-electron chi connectivity index (χ1n) is 8.47. The zero-order valence-electron chi connectivity index (χ0n) is 14.8. The van der Waals surface area contributed by atoms with Gasteiger partial charge in [0.2, 0.25) is 0 Å². The fourth-order valence-electron chi connectivity index (χ4n) is 3.34. The summed E-state index contributed by atoms with van der Waals surface area (Å²) in [6.45, 7) is 10.0. The summed E-state index contributed by atoms with van der Waals surface area (Å²) in [5.41, 5.74) is 3.95. The van der Waals surface area contributed by atoms with Gasteiger partial charge in [0.15, 0.2) is 0 Å². The maximum absolute atomic E-state index is 12.8. The molecule has 2 heterocycles. The van der Waals surface area contributed by atoms with Gasteiger partial charge in [-0.1, -0.05) is 12.1 Å². The quantitative estimate of drug-likeness (QED) is 0.871. The Hall–Kier alpha value is -2.14. The number of morpholine rings is 1. The Labute approximate surface area is 143 Å². The van der Waals surface area contributed by atoms with E-state index in [0.29, 0.717) is 19.6 Å². The molecule has 128 valence electrons. The van der Waals surface area contributed by atoms with Crippen molar-refractivity contribution in [3.63, 3.8) is 0 Å². The molecule has 2 aromatic rings. The van der Waals surface area contributed by atoms with Gasteiger partial charge in [-0.3, -0.25) is 9.48 Å². The first-order chi connectivity index (χ1) is 11.4. The molecule has 0 bridgehead atoms. The van der Waals surface area contributed by atoms with E-state index in [1.807, 2.05) is 61.5 Å². The van der Waals surface area contributed by atoms with Crippen LogP contribution >= 0.6 is 0 Å². The topological polar surface area (TPSA) is 47.4 Å². The van der Waals surface area contributed by atoms with Gasteiger partial charge in [-0.2, -0.15) is 5.10 Å². The monoisotopic (exact) mass is 327 g/mol. The van der Waals surface area contributed by atoms with E-state index < -0.39 is 0 Å². The van der Waals surface area contributed by atoms with E-state index in [1.165, 1.54) is 0 Å². The number of amides is 1. The predicted molar refractivity (Wildman–Crippen MR) is 93.2 cm³/mol. The van der Waals surface area contributed by atoms with Gasteiger partial charge < -0.3 is 9.64 Å². The molecule has 1 aliphatic heterocycles. The second kappa shape index (κ2) is 6.77. The van der Waals surface area contributed by atoms with Crippen LogP contribution in [0.25, 0.3) is 0 Å². The lowest BCUT2D eigenvalue weighted by Crippen LogP contribution is -2.48. The number of ether oxygens (including phenoxy) is 1. The maximum atomic E-state index is 12.8. The van der Waals surface area contributed by atoms with Gasteiger partial charge in [-0.15, -0.1) is 0 Å². The van der Waals surface area contributed by atoms with E-state index in [1.54, 1.807) is 0 Å². The van der Waals surface area contributed by atoms with Gasteiger partial charge in [0.05, 0.1) is 24.4 Å². The minimum absolute atomic E-state index is 0.0761. The molecule has 3 rings (SSSR count). The molecule has 5 heteroatoms. The van der Waals surface area contributed by atoms with Crippen molar-refractivity contribution in [3.05, 3.63) is 52.8 Å². The van der Waals surface area contributed by atoms with Crippen molar-refractivity contribution >= 4 is 5.91 Å². The highest BCUT2D eigenvalue weighted by Gasteiger charge is 2.26. The van der Waals surface area contributed by atoms with Crippen LogP contribution in [-0.4, -0.2) is 45.9 Å². The van der Waals surface area contributed by atoms with Crippen molar-refractivity contribution in [2.24, 2.45) is 0 Å². The standard InChI is InChI=1S/C19H25N3O2/c1-13-8-14(2)22(20-13)12-17-6-5-7-18(9-17)19(23)21-10-15(3)24-16(4)11-21/h5-9,15-16H,10-12H2,1-4H3. The first kappa shape index (κ1) is 16.7. The van der Waals surface area contributed by atoms with Gasteiger partial charge in [0.25, 0.3) is 5.91 Å². The van der Waals surface area contributed by atoms with E-state index >= 15 is 0 Å². The number of benzene rings is 1. The summed E-state index contributed by atoms with van der Waals surface area (Å²) in [5, 5.41) is 4.49. The summed E-state index contributed by atoms with van der Waals surface area (Å²) in [6, 6.07) is 9.91. The first-order valence-corrected chi connectivity index (χ1v) is 8.47. The average Bonchev–Trinajstić information content (AvgIpc) is 2.83. The summed E-state index contributed by atoms with van der Waals surface area (Å²) < 4.78 is 7.69. The Kier molecular flexibility index (Phi) is 4.71. The second-order valence-electron chi connectivity index (χ2n) is 6.75. The number of aryl methyl sites for hydroxylation is 2. The smallest absolute Gasteiger partial charge is 0.254 e. The summed E-state index contributed by atoms with van der Waals surface area (Å²) in [5.74, 6) is 0.0761. The minimum atomic E-state index is 0.0761. The zero-order chi connectivity index (χ0) is 17.3. The van der Waals surface area contributed by atoms with E-state index in [2.05, 4.69) is 11.2 Å². The van der Waals surface area contributed by atoms with Crippen molar-refractivity contribution in [2.45, 2.75) is 46.4 Å². The zero-order valence-corrected chi connectivity index (χ0v) is 14.8. The van der Waals surface area contributed by atoms with Crippen molar-refractivity contribution < 1.29 is 9.53 Å². The van der Waals surface area contributed by atoms with Crippen LogP contribution in [-0.2, 0) is 11.3 Å². The highest BCUT2D eigenvalue weighted by atomic mass is 16.5. The van der Waals surface area contributed by atoms with Crippen molar-refractivity contribution in [2.75, 3.05) is 13.1 Å². The SMILES string of the molecule is Cc1cc(C)n(Cc2cccc(C(=O)N3CC(C)OC(C)C3)c2)n1. The van der Waals surface area contributed by atoms with Crippen LogP contribution in [0.2, 0.25) is 0 Å². The number of hydrogen-bond donors (Lipinski definition) is 0. The molecule has 0 spiro atoms. The molecule has 2 unspecified atom stereocenters. The molecular weight excluding hydrogens is 302 g/mol. The van der Waals surface area contributed by atoms with Gasteiger partial charge >= 0.3 is 0 Å². The molecule has 24 heavy (non-hydrogen) atoms. The Morgan fingerprint density at radius 2 is 1.92 bits per heavy atom. The molecule has 0 N–H and O–H groups in total. The molecule has 1 saturated heterocycles. The fourth-order valence-corrected chi connectivity index (χ4v) is 3.34.